The van der Waals surface area contributed by atoms with Crippen molar-refractivity contribution in [1.82, 2.24) is 24.6 Å². The number of hydrogen-bond acceptors (Lipinski definition) is 5. The Labute approximate surface area is 189 Å². The largest absolute Gasteiger partial charge is 0.457 e. The average Bonchev–Trinajstić information content (AvgIpc) is 3.46. The molecule has 0 N–H and O–H groups in total. The highest BCUT2D eigenvalue weighted by Gasteiger charge is 2.29. The quantitative estimate of drug-likeness (QED) is 0.408. The van der Waals surface area contributed by atoms with Crippen LogP contribution in [0.5, 0.6) is 11.5 Å². The van der Waals surface area contributed by atoms with E-state index < -0.39 is 0 Å². The summed E-state index contributed by atoms with van der Waals surface area (Å²) in [6.45, 7) is 4.82. The van der Waals surface area contributed by atoms with Gasteiger partial charge in [0.25, 0.3) is 0 Å². The Morgan fingerprint density at radius 3 is 2.59 bits per heavy atom. The molecule has 1 saturated heterocycles. The number of rotatable bonds is 5. The van der Waals surface area contributed by atoms with Gasteiger partial charge in [-0.05, 0) is 48.9 Å². The first-order valence-electron chi connectivity index (χ1n) is 10.3. The third-order valence-corrected chi connectivity index (χ3v) is 5.85. The minimum Gasteiger partial charge on any atom is -0.457 e. The Hall–Kier alpha value is -3.71. The predicted molar refractivity (Wildman–Crippen MR) is 123 cm³/mol. The monoisotopic (exact) mass is 445 g/mol. The molecule has 8 heteroatoms. The molecule has 32 heavy (non-hydrogen) atoms. The standard InChI is InChI=1S/C24H20ClN5O2/c1-2-22(31)29-12-9-17(15-29)30-24-20(13-27-14-21(24)25)23(28-30)16-3-5-18(6-4-16)32-19-7-10-26-11-8-19/h2-8,10-11,13-14,17H,1,9,12,15H2/t17-/m0/s1. The van der Waals surface area contributed by atoms with Crippen LogP contribution in [0.25, 0.3) is 22.2 Å². The van der Waals surface area contributed by atoms with Crippen molar-refractivity contribution in [3.8, 4) is 22.8 Å². The first-order valence-corrected chi connectivity index (χ1v) is 10.6. The molecular weight excluding hydrogens is 426 g/mol. The van der Waals surface area contributed by atoms with Crippen molar-refractivity contribution < 1.29 is 9.53 Å². The van der Waals surface area contributed by atoms with Gasteiger partial charge in [0.2, 0.25) is 5.91 Å². The summed E-state index contributed by atoms with van der Waals surface area (Å²) in [5.41, 5.74) is 2.54. The number of pyridine rings is 2. The van der Waals surface area contributed by atoms with Crippen LogP contribution in [0, 0.1) is 0 Å². The number of ether oxygens (including phenoxy) is 1. The van der Waals surface area contributed by atoms with Gasteiger partial charge in [-0.25, -0.2) is 0 Å². The number of fused-ring (bicyclic) bond motifs is 1. The molecule has 0 radical (unpaired) electrons. The maximum Gasteiger partial charge on any atom is 0.246 e. The van der Waals surface area contributed by atoms with Crippen LogP contribution in [0.15, 0.2) is 73.8 Å². The summed E-state index contributed by atoms with van der Waals surface area (Å²) in [6.07, 6.45) is 8.93. The van der Waals surface area contributed by atoms with Crippen molar-refractivity contribution in [2.45, 2.75) is 12.5 Å². The summed E-state index contributed by atoms with van der Waals surface area (Å²) >= 11 is 6.54. The molecule has 0 aliphatic carbocycles. The maximum absolute atomic E-state index is 12.0. The predicted octanol–water partition coefficient (Wildman–Crippen LogP) is 4.90. The van der Waals surface area contributed by atoms with Gasteiger partial charge in [0.1, 0.15) is 17.2 Å². The number of likely N-dealkylation sites (tertiary alicyclic amines) is 1. The number of carbonyl (C=O) groups is 1. The van der Waals surface area contributed by atoms with Crippen LogP contribution in [-0.2, 0) is 4.79 Å². The molecule has 0 spiro atoms. The lowest BCUT2D eigenvalue weighted by Gasteiger charge is -2.15. The molecule has 1 aliphatic rings. The molecule has 5 rings (SSSR count). The van der Waals surface area contributed by atoms with Crippen LogP contribution in [0.4, 0.5) is 0 Å². The molecule has 0 bridgehead atoms. The molecule has 1 atom stereocenters. The highest BCUT2D eigenvalue weighted by atomic mass is 35.5. The molecule has 0 unspecified atom stereocenters. The van der Waals surface area contributed by atoms with E-state index in [1.165, 1.54) is 6.08 Å². The molecule has 160 valence electrons. The summed E-state index contributed by atoms with van der Waals surface area (Å²) in [5, 5.41) is 6.32. The lowest BCUT2D eigenvalue weighted by molar-refractivity contribution is -0.125. The zero-order valence-electron chi connectivity index (χ0n) is 17.2. The minimum absolute atomic E-state index is 0.0318. The highest BCUT2D eigenvalue weighted by Crippen LogP contribution is 2.36. The lowest BCUT2D eigenvalue weighted by atomic mass is 10.1. The van der Waals surface area contributed by atoms with Crippen molar-refractivity contribution >= 4 is 28.4 Å². The van der Waals surface area contributed by atoms with Gasteiger partial charge in [-0.2, -0.15) is 5.10 Å². The van der Waals surface area contributed by atoms with E-state index in [0.717, 1.165) is 34.3 Å². The molecule has 4 aromatic rings. The van der Waals surface area contributed by atoms with E-state index in [1.54, 1.807) is 41.8 Å². The van der Waals surface area contributed by atoms with Crippen molar-refractivity contribution in [2.75, 3.05) is 13.1 Å². The molecular formula is C24H20ClN5O2. The fraction of sp³-hybridized carbons (Fsp3) is 0.167. The second-order valence-electron chi connectivity index (χ2n) is 7.55. The van der Waals surface area contributed by atoms with Gasteiger partial charge in [0, 0.05) is 48.8 Å². The van der Waals surface area contributed by atoms with Gasteiger partial charge in [0.15, 0.2) is 0 Å². The first kappa shape index (κ1) is 20.2. The number of benzene rings is 1. The second kappa shape index (κ2) is 8.43. The van der Waals surface area contributed by atoms with Crippen molar-refractivity contribution in [3.63, 3.8) is 0 Å². The third-order valence-electron chi connectivity index (χ3n) is 5.57. The van der Waals surface area contributed by atoms with E-state index in [-0.39, 0.29) is 11.9 Å². The van der Waals surface area contributed by atoms with Crippen molar-refractivity contribution in [2.24, 2.45) is 0 Å². The normalized spacial score (nSPS) is 15.8. The lowest BCUT2D eigenvalue weighted by Crippen LogP contribution is -2.27. The zero-order chi connectivity index (χ0) is 22.1. The number of nitrogens with zero attached hydrogens (tertiary/aromatic N) is 5. The second-order valence-corrected chi connectivity index (χ2v) is 7.96. The molecule has 3 aromatic heterocycles. The fourth-order valence-electron chi connectivity index (χ4n) is 4.02. The summed E-state index contributed by atoms with van der Waals surface area (Å²) in [4.78, 5) is 22.1. The van der Waals surface area contributed by atoms with E-state index in [4.69, 9.17) is 21.4 Å². The Kier molecular flexibility index (Phi) is 5.33. The average molecular weight is 446 g/mol. The molecule has 1 aromatic carbocycles. The summed E-state index contributed by atoms with van der Waals surface area (Å²) in [5.74, 6) is 1.37. The van der Waals surface area contributed by atoms with Crippen LogP contribution >= 0.6 is 11.6 Å². The van der Waals surface area contributed by atoms with E-state index in [2.05, 4.69) is 16.5 Å². The van der Waals surface area contributed by atoms with Crippen LogP contribution in [-0.4, -0.2) is 43.6 Å². The third kappa shape index (κ3) is 3.71. The summed E-state index contributed by atoms with van der Waals surface area (Å²) < 4.78 is 7.80. The topological polar surface area (TPSA) is 73.1 Å². The Morgan fingerprint density at radius 1 is 1.09 bits per heavy atom. The number of carbonyl (C=O) groups excluding carboxylic acids is 1. The van der Waals surface area contributed by atoms with Gasteiger partial charge in [-0.15, -0.1) is 0 Å². The van der Waals surface area contributed by atoms with Crippen molar-refractivity contribution in [3.05, 3.63) is 78.9 Å². The summed E-state index contributed by atoms with van der Waals surface area (Å²) in [6, 6.07) is 11.4. The van der Waals surface area contributed by atoms with E-state index in [0.29, 0.717) is 23.9 Å². The summed E-state index contributed by atoms with van der Waals surface area (Å²) in [7, 11) is 0. The smallest absolute Gasteiger partial charge is 0.246 e. The van der Waals surface area contributed by atoms with Crippen LogP contribution in [0.2, 0.25) is 5.02 Å². The van der Waals surface area contributed by atoms with E-state index in [9.17, 15) is 4.79 Å². The van der Waals surface area contributed by atoms with Crippen LogP contribution in [0.1, 0.15) is 12.5 Å². The van der Waals surface area contributed by atoms with E-state index >= 15 is 0 Å². The minimum atomic E-state index is -0.0678. The zero-order valence-corrected chi connectivity index (χ0v) is 17.9. The molecule has 4 heterocycles. The van der Waals surface area contributed by atoms with Gasteiger partial charge in [-0.3, -0.25) is 19.4 Å². The number of hydrogen-bond donors (Lipinski definition) is 0. The number of halogens is 1. The molecule has 1 aliphatic heterocycles. The SMILES string of the molecule is C=CC(=O)N1CC[C@H](n2nc(-c3ccc(Oc4ccncc4)cc3)c3cncc(Cl)c32)C1. The molecule has 1 amide bonds. The number of aromatic nitrogens is 4. The Bertz CT molecular complexity index is 1290. The van der Waals surface area contributed by atoms with Gasteiger partial charge in [0.05, 0.1) is 16.6 Å². The van der Waals surface area contributed by atoms with Crippen LogP contribution < -0.4 is 4.74 Å². The van der Waals surface area contributed by atoms with Gasteiger partial charge in [-0.1, -0.05) is 18.2 Å². The van der Waals surface area contributed by atoms with Gasteiger partial charge >= 0.3 is 0 Å². The van der Waals surface area contributed by atoms with Crippen LogP contribution in [0.3, 0.4) is 0 Å². The van der Waals surface area contributed by atoms with Gasteiger partial charge < -0.3 is 9.64 Å². The molecule has 7 nitrogen and oxygen atoms in total. The maximum atomic E-state index is 12.0. The highest BCUT2D eigenvalue weighted by molar-refractivity contribution is 6.35. The Morgan fingerprint density at radius 2 is 1.84 bits per heavy atom. The Balaban J connectivity index is 1.49. The fourth-order valence-corrected chi connectivity index (χ4v) is 4.26. The molecule has 0 saturated carbocycles. The van der Waals surface area contributed by atoms with E-state index in [1.807, 2.05) is 28.9 Å². The molecule has 1 fully saturated rings. The van der Waals surface area contributed by atoms with Crippen molar-refractivity contribution in [1.29, 1.82) is 0 Å². The number of amides is 1. The first-order chi connectivity index (χ1) is 15.6.